The molecule has 4 rings (SSSR count). The molecule has 5 nitrogen and oxygen atoms in total. The lowest BCUT2D eigenvalue weighted by atomic mass is 9.87. The van der Waals surface area contributed by atoms with E-state index in [1.807, 2.05) is 45.5 Å². The number of hydrogen-bond donors (Lipinski definition) is 1. The van der Waals surface area contributed by atoms with Gasteiger partial charge in [-0.1, -0.05) is 20.8 Å². The molecular formula is C24H31FN4OS. The minimum absolute atomic E-state index is 0.0412. The van der Waals surface area contributed by atoms with Crippen LogP contribution in [0.25, 0.3) is 10.9 Å². The van der Waals surface area contributed by atoms with Crippen LogP contribution < -0.4 is 5.32 Å². The van der Waals surface area contributed by atoms with Gasteiger partial charge in [-0.3, -0.25) is 9.69 Å². The van der Waals surface area contributed by atoms with Crippen LogP contribution in [-0.4, -0.2) is 33.4 Å². The molecule has 1 aliphatic heterocycles. The molecule has 0 aliphatic carbocycles. The number of hydrogen-bond acceptors (Lipinski definition) is 4. The third-order valence-corrected chi connectivity index (χ3v) is 7.08. The Balaban J connectivity index is 1.44. The average Bonchev–Trinajstić information content (AvgIpc) is 3.35. The van der Waals surface area contributed by atoms with Crippen LogP contribution in [0.15, 0.2) is 36.0 Å². The zero-order valence-corrected chi connectivity index (χ0v) is 19.5. The Morgan fingerprint density at radius 1 is 1.32 bits per heavy atom. The van der Waals surface area contributed by atoms with Crippen molar-refractivity contribution in [1.82, 2.24) is 19.8 Å². The first-order valence-corrected chi connectivity index (χ1v) is 11.8. The summed E-state index contributed by atoms with van der Waals surface area (Å²) in [5, 5.41) is 7.22. The summed E-state index contributed by atoms with van der Waals surface area (Å²) in [7, 11) is 2.01. The number of thiazole rings is 1. The van der Waals surface area contributed by atoms with Gasteiger partial charge < -0.3 is 9.88 Å². The van der Waals surface area contributed by atoms with E-state index in [2.05, 4.69) is 26.0 Å². The zero-order valence-electron chi connectivity index (χ0n) is 18.7. The van der Waals surface area contributed by atoms with Crippen LogP contribution in [-0.2, 0) is 18.4 Å². The molecule has 0 saturated carbocycles. The number of nitrogens with one attached hydrogen (secondary N) is 1. The van der Waals surface area contributed by atoms with Crippen molar-refractivity contribution in [3.8, 4) is 0 Å². The molecule has 1 amide bonds. The van der Waals surface area contributed by atoms with Gasteiger partial charge in [-0.25, -0.2) is 9.37 Å². The van der Waals surface area contributed by atoms with Crippen LogP contribution in [0.5, 0.6) is 0 Å². The van der Waals surface area contributed by atoms with Crippen LogP contribution in [0, 0.1) is 17.2 Å². The van der Waals surface area contributed by atoms with E-state index in [1.54, 1.807) is 17.4 Å². The average molecular weight is 443 g/mol. The van der Waals surface area contributed by atoms with Crippen LogP contribution in [0.2, 0.25) is 0 Å². The topological polar surface area (TPSA) is 50.2 Å². The Morgan fingerprint density at radius 3 is 2.71 bits per heavy atom. The lowest BCUT2D eigenvalue weighted by Crippen LogP contribution is -2.43. The summed E-state index contributed by atoms with van der Waals surface area (Å²) in [6, 6.07) is 4.96. The Bertz CT molecular complexity index is 1050. The predicted molar refractivity (Wildman–Crippen MR) is 123 cm³/mol. The highest BCUT2D eigenvalue weighted by Crippen LogP contribution is 2.34. The summed E-state index contributed by atoms with van der Waals surface area (Å²) in [5.41, 5.74) is 1.79. The quantitative estimate of drug-likeness (QED) is 0.612. The number of aryl methyl sites for hydroxylation is 1. The number of amides is 1. The fourth-order valence-corrected chi connectivity index (χ4v) is 5.17. The molecule has 1 aromatic carbocycles. The van der Waals surface area contributed by atoms with E-state index in [0.717, 1.165) is 53.9 Å². The third kappa shape index (κ3) is 4.83. The zero-order chi connectivity index (χ0) is 22.2. The second-order valence-corrected chi connectivity index (χ2v) is 10.5. The Morgan fingerprint density at radius 2 is 2.06 bits per heavy atom. The molecule has 3 aromatic rings. The minimum Gasteiger partial charge on any atom is -0.350 e. The third-order valence-electron chi connectivity index (χ3n) is 6.22. The van der Waals surface area contributed by atoms with Crippen LogP contribution in [0.1, 0.15) is 50.2 Å². The van der Waals surface area contributed by atoms with Crippen LogP contribution in [0.3, 0.4) is 0 Å². The van der Waals surface area contributed by atoms with Gasteiger partial charge in [-0.05, 0) is 55.6 Å². The number of rotatable bonds is 5. The van der Waals surface area contributed by atoms with E-state index >= 15 is 0 Å². The normalized spacial score (nSPS) is 17.2. The number of aromatic nitrogens is 2. The Kier molecular flexibility index (Phi) is 6.17. The molecule has 7 heteroatoms. The van der Waals surface area contributed by atoms with Gasteiger partial charge in [0, 0.05) is 47.7 Å². The molecule has 1 N–H and O–H groups in total. The first-order valence-electron chi connectivity index (χ1n) is 10.9. The van der Waals surface area contributed by atoms with E-state index in [0.29, 0.717) is 5.92 Å². The molecular weight excluding hydrogens is 411 g/mol. The van der Waals surface area contributed by atoms with Crippen molar-refractivity contribution < 1.29 is 9.18 Å². The van der Waals surface area contributed by atoms with Gasteiger partial charge in [0.15, 0.2) is 0 Å². The standard InChI is InChI=1S/C24H31FN4OS/c1-24(2,3)23(30)27-21(22-26-9-12-31-22)16-7-10-29(11-8-16)15-17-14-28(4)20-6-5-18(25)13-19(17)20/h5-6,9,12-14,16,21H,7-8,10-11,15H2,1-4H3,(H,27,30)/t21-/m1/s1. The highest BCUT2D eigenvalue weighted by molar-refractivity contribution is 7.09. The van der Waals surface area contributed by atoms with Gasteiger partial charge in [0.25, 0.3) is 0 Å². The molecule has 3 heterocycles. The summed E-state index contributed by atoms with van der Waals surface area (Å²) in [6.07, 6.45) is 5.91. The van der Waals surface area contributed by atoms with Gasteiger partial charge in [0.1, 0.15) is 10.8 Å². The Labute approximate surface area is 187 Å². The van der Waals surface area contributed by atoms with Gasteiger partial charge in [-0.2, -0.15) is 0 Å². The smallest absolute Gasteiger partial charge is 0.225 e. The summed E-state index contributed by atoms with van der Waals surface area (Å²) in [4.78, 5) is 19.6. The SMILES string of the molecule is Cn1cc(CN2CCC([C@@H](NC(=O)C(C)(C)C)c3nccs3)CC2)c2cc(F)ccc21. The summed E-state index contributed by atoms with van der Waals surface area (Å²) in [5.74, 6) is 0.228. The summed E-state index contributed by atoms with van der Waals surface area (Å²) in [6.45, 7) is 8.53. The van der Waals surface area contributed by atoms with Crippen molar-refractivity contribution in [2.45, 2.75) is 46.2 Å². The number of piperidine rings is 1. The molecule has 0 radical (unpaired) electrons. The molecule has 2 aromatic heterocycles. The molecule has 31 heavy (non-hydrogen) atoms. The molecule has 0 spiro atoms. The summed E-state index contributed by atoms with van der Waals surface area (Å²) < 4.78 is 15.9. The van der Waals surface area contributed by atoms with Crippen LogP contribution in [0.4, 0.5) is 4.39 Å². The lowest BCUT2D eigenvalue weighted by Gasteiger charge is -2.36. The van der Waals surface area contributed by atoms with Crippen molar-refractivity contribution in [3.05, 3.63) is 52.4 Å². The lowest BCUT2D eigenvalue weighted by molar-refractivity contribution is -0.129. The second-order valence-electron chi connectivity index (χ2n) is 9.61. The van der Waals surface area contributed by atoms with E-state index in [1.165, 1.54) is 6.07 Å². The largest absolute Gasteiger partial charge is 0.350 e. The van der Waals surface area contributed by atoms with Crippen molar-refractivity contribution >= 4 is 28.1 Å². The van der Waals surface area contributed by atoms with E-state index in [4.69, 9.17) is 0 Å². The molecule has 1 atom stereocenters. The van der Waals surface area contributed by atoms with E-state index < -0.39 is 5.41 Å². The van der Waals surface area contributed by atoms with Crippen molar-refractivity contribution in [1.29, 1.82) is 0 Å². The van der Waals surface area contributed by atoms with E-state index in [-0.39, 0.29) is 17.8 Å². The molecule has 0 unspecified atom stereocenters. The maximum Gasteiger partial charge on any atom is 0.225 e. The number of carbonyl (C=O) groups excluding carboxylic acids is 1. The fraction of sp³-hybridized carbons (Fsp3) is 0.500. The number of fused-ring (bicyclic) bond motifs is 1. The monoisotopic (exact) mass is 442 g/mol. The maximum atomic E-state index is 13.8. The van der Waals surface area contributed by atoms with Crippen molar-refractivity contribution in [2.75, 3.05) is 13.1 Å². The van der Waals surface area contributed by atoms with Gasteiger partial charge >= 0.3 is 0 Å². The number of nitrogens with zero attached hydrogens (tertiary/aromatic N) is 3. The minimum atomic E-state index is -0.431. The fourth-order valence-electron chi connectivity index (χ4n) is 4.38. The van der Waals surface area contributed by atoms with Crippen molar-refractivity contribution in [3.63, 3.8) is 0 Å². The summed E-state index contributed by atoms with van der Waals surface area (Å²) >= 11 is 1.61. The molecule has 0 bridgehead atoms. The predicted octanol–water partition coefficient (Wildman–Crippen LogP) is 4.89. The van der Waals surface area contributed by atoms with Crippen LogP contribution >= 0.6 is 11.3 Å². The maximum absolute atomic E-state index is 13.8. The number of carbonyl (C=O) groups is 1. The Hall–Kier alpha value is -2.25. The molecule has 1 fully saturated rings. The van der Waals surface area contributed by atoms with Gasteiger partial charge in [0.05, 0.1) is 6.04 Å². The first kappa shape index (κ1) is 22.0. The highest BCUT2D eigenvalue weighted by atomic mass is 32.1. The number of benzene rings is 1. The van der Waals surface area contributed by atoms with Gasteiger partial charge in [-0.15, -0.1) is 11.3 Å². The van der Waals surface area contributed by atoms with E-state index in [9.17, 15) is 9.18 Å². The number of halogens is 1. The molecule has 1 aliphatic rings. The highest BCUT2D eigenvalue weighted by Gasteiger charge is 2.33. The molecule has 166 valence electrons. The second kappa shape index (κ2) is 8.71. The first-order chi connectivity index (χ1) is 14.7. The van der Waals surface area contributed by atoms with Gasteiger partial charge in [0.2, 0.25) is 5.91 Å². The van der Waals surface area contributed by atoms with Crippen molar-refractivity contribution in [2.24, 2.45) is 18.4 Å². The molecule has 1 saturated heterocycles. The number of likely N-dealkylation sites (tertiary alicyclic amines) is 1.